The molecule has 8 heteroatoms. The van der Waals surface area contributed by atoms with E-state index in [2.05, 4.69) is 15.6 Å². The molecule has 1 aromatic heterocycles. The van der Waals surface area contributed by atoms with E-state index in [1.807, 2.05) is 36.1 Å². The van der Waals surface area contributed by atoms with Crippen molar-refractivity contribution in [2.45, 2.75) is 32.2 Å². The normalized spacial score (nSPS) is 16.8. The van der Waals surface area contributed by atoms with Crippen molar-refractivity contribution < 1.29 is 14.3 Å². The average molecular weight is 385 g/mol. The lowest BCUT2D eigenvalue weighted by molar-refractivity contribution is -0.132. The molecule has 1 saturated heterocycles. The van der Waals surface area contributed by atoms with Gasteiger partial charge in [-0.1, -0.05) is 35.0 Å². The first-order valence-corrected chi connectivity index (χ1v) is 9.59. The molecule has 1 atom stereocenters. The number of amides is 2. The summed E-state index contributed by atoms with van der Waals surface area (Å²) in [5.41, 5.74) is 2.46. The molecule has 1 aliphatic rings. The molecule has 0 radical (unpaired) electrons. The van der Waals surface area contributed by atoms with Crippen LogP contribution < -0.4 is 5.32 Å². The number of aromatic nitrogens is 3. The fourth-order valence-electron chi connectivity index (χ4n) is 3.42. The molecule has 2 amide bonds. The lowest BCUT2D eigenvalue weighted by Crippen LogP contribution is -2.41. The predicted molar refractivity (Wildman–Crippen MR) is 104 cm³/mol. The highest BCUT2D eigenvalue weighted by atomic mass is 16.5. The predicted octanol–water partition coefficient (Wildman–Crippen LogP) is 1.37. The van der Waals surface area contributed by atoms with Gasteiger partial charge in [-0.3, -0.25) is 9.59 Å². The monoisotopic (exact) mass is 385 g/mol. The van der Waals surface area contributed by atoms with Gasteiger partial charge in [-0.25, -0.2) is 4.68 Å². The van der Waals surface area contributed by atoms with Crippen LogP contribution in [0.25, 0.3) is 0 Å². The Bertz CT molecular complexity index is 820. The van der Waals surface area contributed by atoms with Gasteiger partial charge in [0.15, 0.2) is 5.69 Å². The Kier molecular flexibility index (Phi) is 6.76. The van der Waals surface area contributed by atoms with Crippen LogP contribution in [0.2, 0.25) is 0 Å². The molecular weight excluding hydrogens is 358 g/mol. The summed E-state index contributed by atoms with van der Waals surface area (Å²) in [6, 6.07) is 8.07. The highest BCUT2D eigenvalue weighted by Gasteiger charge is 2.26. The molecule has 0 saturated carbocycles. The summed E-state index contributed by atoms with van der Waals surface area (Å²) < 4.78 is 6.62. The smallest absolute Gasteiger partial charge is 0.273 e. The molecule has 0 aliphatic carbocycles. The van der Waals surface area contributed by atoms with Crippen molar-refractivity contribution in [1.82, 2.24) is 25.2 Å². The van der Waals surface area contributed by atoms with Crippen molar-refractivity contribution in [3.05, 3.63) is 47.3 Å². The second-order valence-electron chi connectivity index (χ2n) is 7.13. The van der Waals surface area contributed by atoms with Gasteiger partial charge in [-0.05, 0) is 25.3 Å². The number of nitrogens with one attached hydrogen (secondary N) is 1. The summed E-state index contributed by atoms with van der Waals surface area (Å²) in [7, 11) is 1.58. The van der Waals surface area contributed by atoms with E-state index < -0.39 is 0 Å². The van der Waals surface area contributed by atoms with Gasteiger partial charge >= 0.3 is 0 Å². The summed E-state index contributed by atoms with van der Waals surface area (Å²) in [6.45, 7) is 4.23. The van der Waals surface area contributed by atoms with Gasteiger partial charge in [0.2, 0.25) is 5.91 Å². The summed E-state index contributed by atoms with van der Waals surface area (Å²) in [5, 5.41) is 10.8. The molecule has 0 spiro atoms. The Morgan fingerprint density at radius 3 is 3.00 bits per heavy atom. The molecular formula is C20H27N5O3. The number of likely N-dealkylation sites (tertiary alicyclic amines) is 1. The molecule has 3 rings (SSSR count). The zero-order valence-corrected chi connectivity index (χ0v) is 16.4. The molecule has 8 nitrogen and oxygen atoms in total. The van der Waals surface area contributed by atoms with Gasteiger partial charge in [0.1, 0.15) is 0 Å². The first kappa shape index (κ1) is 20.0. The maximum Gasteiger partial charge on any atom is 0.273 e. The number of hydrogen-bond donors (Lipinski definition) is 1. The van der Waals surface area contributed by atoms with Gasteiger partial charge in [0, 0.05) is 26.7 Å². The lowest BCUT2D eigenvalue weighted by Gasteiger charge is -2.32. The topological polar surface area (TPSA) is 89.4 Å². The number of piperidine rings is 1. The van der Waals surface area contributed by atoms with Crippen molar-refractivity contribution in [2.75, 3.05) is 33.4 Å². The fourth-order valence-corrected chi connectivity index (χ4v) is 3.42. The van der Waals surface area contributed by atoms with Gasteiger partial charge < -0.3 is 15.0 Å². The molecule has 2 heterocycles. The number of methoxy groups -OCH3 is 1. The lowest BCUT2D eigenvalue weighted by atomic mass is 10.0. The van der Waals surface area contributed by atoms with Gasteiger partial charge in [-0.2, -0.15) is 0 Å². The molecule has 2 aromatic rings. The summed E-state index contributed by atoms with van der Waals surface area (Å²) >= 11 is 0. The van der Waals surface area contributed by atoms with Gasteiger partial charge in [-0.15, -0.1) is 5.10 Å². The van der Waals surface area contributed by atoms with E-state index in [0.29, 0.717) is 26.1 Å². The third kappa shape index (κ3) is 5.16. The van der Waals surface area contributed by atoms with Gasteiger partial charge in [0.05, 0.1) is 25.3 Å². The quantitative estimate of drug-likeness (QED) is 0.727. The number of rotatable bonds is 7. The van der Waals surface area contributed by atoms with Crippen LogP contribution in [-0.4, -0.2) is 65.1 Å². The van der Waals surface area contributed by atoms with E-state index in [1.54, 1.807) is 18.0 Å². The first-order valence-electron chi connectivity index (χ1n) is 9.59. The molecule has 1 N–H and O–H groups in total. The average Bonchev–Trinajstić information content (AvgIpc) is 3.19. The SMILES string of the molecule is COCCNC(=O)c1cn([C@H]2CCCN(C(=O)Cc3cccc(C)c3)C2)nn1. The van der Waals surface area contributed by atoms with E-state index in [9.17, 15) is 9.59 Å². The Morgan fingerprint density at radius 2 is 2.21 bits per heavy atom. The van der Waals surface area contributed by atoms with E-state index in [-0.39, 0.29) is 23.6 Å². The fraction of sp³-hybridized carbons (Fsp3) is 0.500. The van der Waals surface area contributed by atoms with Crippen molar-refractivity contribution in [2.24, 2.45) is 0 Å². The van der Waals surface area contributed by atoms with Crippen molar-refractivity contribution in [3.8, 4) is 0 Å². The summed E-state index contributed by atoms with van der Waals surface area (Å²) in [6.07, 6.45) is 3.86. The minimum Gasteiger partial charge on any atom is -0.383 e. The van der Waals surface area contributed by atoms with E-state index in [0.717, 1.165) is 30.5 Å². The second kappa shape index (κ2) is 9.45. The number of hydrogen-bond acceptors (Lipinski definition) is 5. The first-order chi connectivity index (χ1) is 13.6. The second-order valence-corrected chi connectivity index (χ2v) is 7.13. The van der Waals surface area contributed by atoms with Crippen molar-refractivity contribution in [3.63, 3.8) is 0 Å². The van der Waals surface area contributed by atoms with Crippen molar-refractivity contribution in [1.29, 1.82) is 0 Å². The number of ether oxygens (including phenoxy) is 1. The van der Waals surface area contributed by atoms with E-state index in [1.165, 1.54) is 0 Å². The van der Waals surface area contributed by atoms with Crippen LogP contribution in [0.15, 0.2) is 30.5 Å². The Morgan fingerprint density at radius 1 is 1.36 bits per heavy atom. The zero-order chi connectivity index (χ0) is 19.9. The van der Waals surface area contributed by atoms with Gasteiger partial charge in [0.25, 0.3) is 5.91 Å². The molecule has 1 fully saturated rings. The maximum absolute atomic E-state index is 12.7. The highest BCUT2D eigenvalue weighted by Crippen LogP contribution is 2.21. The summed E-state index contributed by atoms with van der Waals surface area (Å²) in [5.74, 6) is -0.153. The van der Waals surface area contributed by atoms with Crippen LogP contribution in [0.1, 0.15) is 40.5 Å². The maximum atomic E-state index is 12.7. The van der Waals surface area contributed by atoms with E-state index in [4.69, 9.17) is 4.74 Å². The van der Waals surface area contributed by atoms with E-state index >= 15 is 0 Å². The number of aryl methyl sites for hydroxylation is 1. The Balaban J connectivity index is 1.58. The third-order valence-corrected chi connectivity index (χ3v) is 4.90. The Hall–Kier alpha value is -2.74. The van der Waals surface area contributed by atoms with Crippen LogP contribution in [0.4, 0.5) is 0 Å². The molecule has 0 unspecified atom stereocenters. The number of benzene rings is 1. The van der Waals surface area contributed by atoms with Crippen LogP contribution in [0.5, 0.6) is 0 Å². The molecule has 28 heavy (non-hydrogen) atoms. The number of carbonyl (C=O) groups excluding carboxylic acids is 2. The summed E-state index contributed by atoms with van der Waals surface area (Å²) in [4.78, 5) is 26.7. The van der Waals surface area contributed by atoms with Crippen molar-refractivity contribution >= 4 is 11.8 Å². The molecule has 1 aromatic carbocycles. The van der Waals surface area contributed by atoms with Crippen LogP contribution in [-0.2, 0) is 16.0 Å². The van der Waals surface area contributed by atoms with Crippen LogP contribution >= 0.6 is 0 Å². The minimum absolute atomic E-state index is 0.0308. The molecule has 150 valence electrons. The molecule has 1 aliphatic heterocycles. The van der Waals surface area contributed by atoms with Crippen LogP contribution in [0.3, 0.4) is 0 Å². The molecule has 0 bridgehead atoms. The zero-order valence-electron chi connectivity index (χ0n) is 16.4. The number of nitrogens with zero attached hydrogens (tertiary/aromatic N) is 4. The third-order valence-electron chi connectivity index (χ3n) is 4.90. The number of carbonyl (C=O) groups is 2. The van der Waals surface area contributed by atoms with Crippen LogP contribution in [0, 0.1) is 6.92 Å². The highest BCUT2D eigenvalue weighted by molar-refractivity contribution is 5.91. The Labute approximate surface area is 164 Å². The largest absolute Gasteiger partial charge is 0.383 e. The standard InChI is InChI=1S/C20H27N5O3/c1-15-5-3-6-16(11-15)12-19(26)24-9-4-7-17(13-24)25-14-18(22-23-25)20(27)21-8-10-28-2/h3,5-6,11,14,17H,4,7-10,12-13H2,1-2H3,(H,21,27)/t17-/m0/s1. The minimum atomic E-state index is -0.272.